The van der Waals surface area contributed by atoms with Crippen LogP contribution in [-0.4, -0.2) is 34.3 Å². The smallest absolute Gasteiger partial charge is 0.253 e. The zero-order valence-electron chi connectivity index (χ0n) is 17.4. The fourth-order valence-corrected chi connectivity index (χ4v) is 4.21. The molecule has 6 nitrogen and oxygen atoms in total. The summed E-state index contributed by atoms with van der Waals surface area (Å²) in [7, 11) is 0. The molecule has 0 aliphatic carbocycles. The molecule has 1 fully saturated rings. The highest BCUT2D eigenvalue weighted by Gasteiger charge is 2.22. The molecule has 3 aromatic rings. The van der Waals surface area contributed by atoms with Gasteiger partial charge in [0.1, 0.15) is 5.76 Å². The van der Waals surface area contributed by atoms with Crippen LogP contribution in [0.2, 0.25) is 0 Å². The first-order chi connectivity index (χ1) is 14.5. The first kappa shape index (κ1) is 20.6. The molecule has 1 aliphatic rings. The SMILES string of the molecule is Cc1cc(C)c2[nH]c(=O)c(CN(C[C@H]3CCCO3)C(=S)NCc3ccco3)cc2c1. The number of nitrogens with one attached hydrogen (secondary N) is 2. The number of H-pyrrole nitrogens is 1. The molecule has 0 unspecified atom stereocenters. The summed E-state index contributed by atoms with van der Waals surface area (Å²) < 4.78 is 11.2. The van der Waals surface area contributed by atoms with Crippen molar-refractivity contribution in [2.45, 2.75) is 45.9 Å². The Balaban J connectivity index is 1.57. The molecular formula is C23H27N3O3S. The third kappa shape index (κ3) is 4.74. The fraction of sp³-hybridized carbons (Fsp3) is 0.391. The molecule has 1 atom stereocenters. The quantitative estimate of drug-likeness (QED) is 0.586. The predicted molar refractivity (Wildman–Crippen MR) is 122 cm³/mol. The number of pyridine rings is 1. The van der Waals surface area contributed by atoms with Gasteiger partial charge < -0.3 is 24.4 Å². The Hall–Kier alpha value is -2.64. The van der Waals surface area contributed by atoms with Crippen LogP contribution >= 0.6 is 12.2 Å². The van der Waals surface area contributed by atoms with Crippen molar-refractivity contribution in [3.63, 3.8) is 0 Å². The van der Waals surface area contributed by atoms with Gasteiger partial charge in [-0.05, 0) is 74.1 Å². The molecule has 0 radical (unpaired) electrons. The van der Waals surface area contributed by atoms with Crippen LogP contribution in [0.1, 0.15) is 35.3 Å². The maximum absolute atomic E-state index is 12.8. The van der Waals surface area contributed by atoms with E-state index in [-0.39, 0.29) is 11.7 Å². The minimum Gasteiger partial charge on any atom is -0.467 e. The first-order valence-electron chi connectivity index (χ1n) is 10.3. The van der Waals surface area contributed by atoms with Crippen molar-refractivity contribution >= 4 is 28.2 Å². The van der Waals surface area contributed by atoms with Crippen LogP contribution < -0.4 is 10.9 Å². The summed E-state index contributed by atoms with van der Waals surface area (Å²) in [5, 5.41) is 4.87. The van der Waals surface area contributed by atoms with E-state index in [2.05, 4.69) is 29.4 Å². The van der Waals surface area contributed by atoms with Crippen molar-refractivity contribution in [2.24, 2.45) is 0 Å². The van der Waals surface area contributed by atoms with E-state index < -0.39 is 0 Å². The van der Waals surface area contributed by atoms with Gasteiger partial charge in [-0.2, -0.15) is 0 Å². The number of aryl methyl sites for hydroxylation is 2. The molecule has 158 valence electrons. The van der Waals surface area contributed by atoms with E-state index >= 15 is 0 Å². The van der Waals surface area contributed by atoms with Crippen LogP contribution in [0.4, 0.5) is 0 Å². The van der Waals surface area contributed by atoms with Gasteiger partial charge in [0.25, 0.3) is 5.56 Å². The number of aromatic amines is 1. The Morgan fingerprint density at radius 3 is 2.93 bits per heavy atom. The standard InChI is InChI=1S/C23H27N3O3S/c1-15-9-16(2)21-17(10-15)11-18(22(27)25-21)13-26(14-20-6-4-8-29-20)23(30)24-12-19-5-3-7-28-19/h3,5,7,9-11,20H,4,6,8,12-14H2,1-2H3,(H,24,30)(H,25,27)/t20-/m1/s1. The summed E-state index contributed by atoms with van der Waals surface area (Å²) in [4.78, 5) is 17.9. The number of rotatable bonds is 6. The highest BCUT2D eigenvalue weighted by molar-refractivity contribution is 7.80. The second-order valence-corrected chi connectivity index (χ2v) is 8.31. The van der Waals surface area contributed by atoms with Gasteiger partial charge in [0.2, 0.25) is 0 Å². The average Bonchev–Trinajstić information content (AvgIpc) is 3.41. The lowest BCUT2D eigenvalue weighted by atomic mass is 10.1. The van der Waals surface area contributed by atoms with Gasteiger partial charge in [-0.3, -0.25) is 4.79 Å². The van der Waals surface area contributed by atoms with Gasteiger partial charge in [-0.1, -0.05) is 11.6 Å². The monoisotopic (exact) mass is 425 g/mol. The summed E-state index contributed by atoms with van der Waals surface area (Å²) >= 11 is 5.67. The molecule has 30 heavy (non-hydrogen) atoms. The summed E-state index contributed by atoms with van der Waals surface area (Å²) in [6.07, 6.45) is 3.82. The fourth-order valence-electron chi connectivity index (χ4n) is 4.00. The average molecular weight is 426 g/mol. The van der Waals surface area contributed by atoms with Crippen molar-refractivity contribution in [1.29, 1.82) is 0 Å². The first-order valence-corrected chi connectivity index (χ1v) is 10.7. The Morgan fingerprint density at radius 2 is 2.20 bits per heavy atom. The van der Waals surface area contributed by atoms with Crippen LogP contribution in [0.5, 0.6) is 0 Å². The molecule has 2 aromatic heterocycles. The second kappa shape index (κ2) is 9.02. The number of fused-ring (bicyclic) bond motifs is 1. The van der Waals surface area contributed by atoms with Gasteiger partial charge in [0.05, 0.1) is 31.0 Å². The van der Waals surface area contributed by atoms with Crippen molar-refractivity contribution < 1.29 is 9.15 Å². The Morgan fingerprint density at radius 1 is 1.33 bits per heavy atom. The highest BCUT2D eigenvalue weighted by Crippen LogP contribution is 2.20. The van der Waals surface area contributed by atoms with Crippen LogP contribution in [0, 0.1) is 13.8 Å². The Labute approximate surface area is 181 Å². The zero-order chi connectivity index (χ0) is 21.1. The number of hydrogen-bond acceptors (Lipinski definition) is 4. The van der Waals surface area contributed by atoms with Crippen LogP contribution in [-0.2, 0) is 17.8 Å². The molecule has 3 heterocycles. The molecule has 0 spiro atoms. The molecule has 1 aromatic carbocycles. The maximum Gasteiger partial charge on any atom is 0.253 e. The summed E-state index contributed by atoms with van der Waals surface area (Å²) in [6.45, 7) is 6.42. The van der Waals surface area contributed by atoms with Gasteiger partial charge in [0.15, 0.2) is 5.11 Å². The van der Waals surface area contributed by atoms with Crippen LogP contribution in [0.25, 0.3) is 10.9 Å². The highest BCUT2D eigenvalue weighted by atomic mass is 32.1. The van der Waals surface area contributed by atoms with Crippen molar-refractivity contribution in [2.75, 3.05) is 13.2 Å². The molecule has 1 saturated heterocycles. The number of ether oxygens (including phenoxy) is 1. The van der Waals surface area contributed by atoms with Crippen molar-refractivity contribution in [3.05, 3.63) is 69.4 Å². The van der Waals surface area contributed by atoms with Gasteiger partial charge in [0, 0.05) is 18.7 Å². The van der Waals surface area contributed by atoms with E-state index in [1.165, 1.54) is 5.56 Å². The van der Waals surface area contributed by atoms with E-state index in [0.717, 1.165) is 41.7 Å². The van der Waals surface area contributed by atoms with Gasteiger partial charge in [-0.25, -0.2) is 0 Å². The topological polar surface area (TPSA) is 70.5 Å². The molecule has 0 amide bonds. The van der Waals surface area contributed by atoms with E-state index in [0.29, 0.717) is 30.3 Å². The number of benzene rings is 1. The lowest BCUT2D eigenvalue weighted by Gasteiger charge is -2.28. The second-order valence-electron chi connectivity index (χ2n) is 7.92. The number of thiocarbonyl (C=S) groups is 1. The van der Waals surface area contributed by atoms with E-state index in [4.69, 9.17) is 21.4 Å². The molecule has 4 rings (SSSR count). The van der Waals surface area contributed by atoms with E-state index in [9.17, 15) is 4.79 Å². The van der Waals surface area contributed by atoms with Gasteiger partial charge >= 0.3 is 0 Å². The largest absolute Gasteiger partial charge is 0.467 e. The lowest BCUT2D eigenvalue weighted by molar-refractivity contribution is 0.0896. The number of hydrogen-bond donors (Lipinski definition) is 2. The molecular weight excluding hydrogens is 398 g/mol. The van der Waals surface area contributed by atoms with Crippen LogP contribution in [0.3, 0.4) is 0 Å². The number of furan rings is 1. The summed E-state index contributed by atoms with van der Waals surface area (Å²) in [5.74, 6) is 0.809. The third-order valence-electron chi connectivity index (χ3n) is 5.46. The van der Waals surface area contributed by atoms with Gasteiger partial charge in [-0.15, -0.1) is 0 Å². The molecule has 1 aliphatic heterocycles. The third-order valence-corrected chi connectivity index (χ3v) is 5.86. The van der Waals surface area contributed by atoms with E-state index in [1.807, 2.05) is 30.0 Å². The predicted octanol–water partition coefficient (Wildman–Crippen LogP) is 3.79. The molecule has 2 N–H and O–H groups in total. The molecule has 0 saturated carbocycles. The van der Waals surface area contributed by atoms with Crippen molar-refractivity contribution in [1.82, 2.24) is 15.2 Å². The number of aromatic nitrogens is 1. The Bertz CT molecular complexity index is 1090. The summed E-state index contributed by atoms with van der Waals surface area (Å²) in [5.41, 5.74) is 3.73. The van der Waals surface area contributed by atoms with Crippen molar-refractivity contribution in [3.8, 4) is 0 Å². The summed E-state index contributed by atoms with van der Waals surface area (Å²) in [6, 6.07) is 9.91. The van der Waals surface area contributed by atoms with E-state index in [1.54, 1.807) is 6.26 Å². The minimum atomic E-state index is -0.0828. The minimum absolute atomic E-state index is 0.0828. The maximum atomic E-state index is 12.8. The molecule has 0 bridgehead atoms. The zero-order valence-corrected chi connectivity index (χ0v) is 18.2. The number of nitrogens with zero attached hydrogens (tertiary/aromatic N) is 1. The molecule has 7 heteroatoms. The normalized spacial score (nSPS) is 16.1. The Kier molecular flexibility index (Phi) is 6.20. The van der Waals surface area contributed by atoms with Crippen LogP contribution in [0.15, 0.2) is 45.8 Å². The lowest BCUT2D eigenvalue weighted by Crippen LogP contribution is -2.43.